The summed E-state index contributed by atoms with van der Waals surface area (Å²) in [6.07, 6.45) is 0. The van der Waals surface area contributed by atoms with Crippen molar-refractivity contribution < 1.29 is 9.66 Å². The Balaban J connectivity index is 1.90. The van der Waals surface area contributed by atoms with Gasteiger partial charge in [0.15, 0.2) is 0 Å². The molecule has 0 unspecified atom stereocenters. The number of benzene rings is 3. The van der Waals surface area contributed by atoms with Gasteiger partial charge < -0.3 is 4.74 Å². The highest BCUT2D eigenvalue weighted by Gasteiger charge is 2.12. The molecule has 114 valence electrons. The summed E-state index contributed by atoms with van der Waals surface area (Å²) in [5, 5.41) is 11.2. The number of hydrogen-bond donors (Lipinski definition) is 0. The molecule has 0 radical (unpaired) electrons. The van der Waals surface area contributed by atoms with E-state index in [1.807, 2.05) is 66.7 Å². The Morgan fingerprint density at radius 1 is 0.826 bits per heavy atom. The highest BCUT2D eigenvalue weighted by molar-refractivity contribution is 5.68. The summed E-state index contributed by atoms with van der Waals surface area (Å²) in [6, 6.07) is 24.1. The van der Waals surface area contributed by atoms with E-state index in [1.54, 1.807) is 6.07 Å². The van der Waals surface area contributed by atoms with E-state index in [4.69, 9.17) is 4.74 Å². The fourth-order valence-corrected chi connectivity index (χ4v) is 2.31. The Morgan fingerprint density at radius 2 is 1.48 bits per heavy atom. The molecule has 0 aliphatic carbocycles. The molecule has 4 nitrogen and oxygen atoms in total. The molecule has 0 saturated heterocycles. The van der Waals surface area contributed by atoms with Crippen LogP contribution in [0.25, 0.3) is 11.1 Å². The molecule has 0 heterocycles. The Labute approximate surface area is 134 Å². The van der Waals surface area contributed by atoms with Crippen LogP contribution in [-0.4, -0.2) is 4.92 Å². The molecule has 4 heteroatoms. The minimum atomic E-state index is -0.401. The number of non-ortho nitro benzene ring substituents is 1. The van der Waals surface area contributed by atoms with Crippen LogP contribution in [0.15, 0.2) is 78.9 Å². The largest absolute Gasteiger partial charge is 0.489 e. The molecule has 0 aliphatic rings. The van der Waals surface area contributed by atoms with E-state index in [0.717, 1.165) is 16.7 Å². The maximum Gasteiger partial charge on any atom is 0.273 e. The van der Waals surface area contributed by atoms with Gasteiger partial charge in [-0.1, -0.05) is 60.7 Å². The highest BCUT2D eigenvalue weighted by Crippen LogP contribution is 2.30. The van der Waals surface area contributed by atoms with Crippen molar-refractivity contribution >= 4 is 5.69 Å². The fourth-order valence-electron chi connectivity index (χ4n) is 2.31. The van der Waals surface area contributed by atoms with Gasteiger partial charge in [0.1, 0.15) is 12.4 Å². The van der Waals surface area contributed by atoms with E-state index >= 15 is 0 Å². The van der Waals surface area contributed by atoms with Gasteiger partial charge in [0.25, 0.3) is 5.69 Å². The first-order valence-electron chi connectivity index (χ1n) is 7.24. The van der Waals surface area contributed by atoms with Crippen molar-refractivity contribution in [2.45, 2.75) is 6.61 Å². The average Bonchev–Trinajstić information content (AvgIpc) is 2.61. The third-order valence-corrected chi connectivity index (χ3v) is 3.46. The molecule has 0 saturated carbocycles. The predicted octanol–water partition coefficient (Wildman–Crippen LogP) is 4.84. The molecule has 0 N–H and O–H groups in total. The molecule has 0 bridgehead atoms. The molecule has 3 aromatic rings. The number of ether oxygens (including phenoxy) is 1. The van der Waals surface area contributed by atoms with E-state index in [1.165, 1.54) is 6.07 Å². The zero-order chi connectivity index (χ0) is 16.1. The number of nitro groups is 1. The molecule has 0 amide bonds. The Bertz CT molecular complexity index is 801. The van der Waals surface area contributed by atoms with Crippen LogP contribution in [-0.2, 0) is 6.61 Å². The molecule has 0 aliphatic heterocycles. The van der Waals surface area contributed by atoms with Crippen LogP contribution in [0.3, 0.4) is 0 Å². The van der Waals surface area contributed by atoms with Gasteiger partial charge in [-0.3, -0.25) is 10.1 Å². The van der Waals surface area contributed by atoms with Crippen LogP contribution in [0.2, 0.25) is 0 Å². The van der Waals surface area contributed by atoms with E-state index < -0.39 is 4.92 Å². The summed E-state index contributed by atoms with van der Waals surface area (Å²) < 4.78 is 5.74. The van der Waals surface area contributed by atoms with Crippen LogP contribution >= 0.6 is 0 Å². The van der Waals surface area contributed by atoms with Gasteiger partial charge in [-0.15, -0.1) is 0 Å². The predicted molar refractivity (Wildman–Crippen MR) is 89.3 cm³/mol. The molecule has 0 aromatic heterocycles. The molecule has 0 atom stereocenters. The van der Waals surface area contributed by atoms with Crippen molar-refractivity contribution in [2.75, 3.05) is 0 Å². The van der Waals surface area contributed by atoms with Gasteiger partial charge in [0, 0.05) is 6.07 Å². The van der Waals surface area contributed by atoms with Crippen LogP contribution in [0.4, 0.5) is 5.69 Å². The van der Waals surface area contributed by atoms with Gasteiger partial charge in [-0.05, 0) is 22.8 Å². The third-order valence-electron chi connectivity index (χ3n) is 3.46. The summed E-state index contributed by atoms with van der Waals surface area (Å²) in [5.74, 6) is 0.488. The van der Waals surface area contributed by atoms with Crippen molar-refractivity contribution in [2.24, 2.45) is 0 Å². The SMILES string of the molecule is O=[N+]([O-])c1cc(OCc2ccccc2)cc(-c2ccccc2)c1. The Kier molecular flexibility index (Phi) is 4.34. The zero-order valence-corrected chi connectivity index (χ0v) is 12.4. The van der Waals surface area contributed by atoms with Gasteiger partial charge in [0.05, 0.1) is 11.0 Å². The summed E-state index contributed by atoms with van der Waals surface area (Å²) in [6.45, 7) is 0.371. The number of nitro benzene ring substituents is 1. The average molecular weight is 305 g/mol. The first-order chi connectivity index (χ1) is 11.2. The summed E-state index contributed by atoms with van der Waals surface area (Å²) in [7, 11) is 0. The van der Waals surface area contributed by atoms with Gasteiger partial charge in [-0.2, -0.15) is 0 Å². The normalized spacial score (nSPS) is 10.3. The van der Waals surface area contributed by atoms with E-state index in [-0.39, 0.29) is 5.69 Å². The number of rotatable bonds is 5. The second kappa shape index (κ2) is 6.75. The summed E-state index contributed by atoms with van der Waals surface area (Å²) >= 11 is 0. The molecular formula is C19H15NO3. The Morgan fingerprint density at radius 3 is 2.13 bits per heavy atom. The molecule has 23 heavy (non-hydrogen) atoms. The molecule has 0 spiro atoms. The van der Waals surface area contributed by atoms with E-state index in [2.05, 4.69) is 0 Å². The second-order valence-corrected chi connectivity index (χ2v) is 5.11. The summed E-state index contributed by atoms with van der Waals surface area (Å²) in [5.41, 5.74) is 2.72. The maximum absolute atomic E-state index is 11.2. The first kappa shape index (κ1) is 14.8. The molecule has 3 rings (SSSR count). The van der Waals surface area contributed by atoms with Crippen molar-refractivity contribution in [1.29, 1.82) is 0 Å². The van der Waals surface area contributed by atoms with Crippen LogP contribution < -0.4 is 4.74 Å². The van der Waals surface area contributed by atoms with E-state index in [0.29, 0.717) is 12.4 Å². The van der Waals surface area contributed by atoms with Crippen LogP contribution in [0.1, 0.15) is 5.56 Å². The van der Waals surface area contributed by atoms with Crippen molar-refractivity contribution in [3.8, 4) is 16.9 Å². The topological polar surface area (TPSA) is 52.4 Å². The lowest BCUT2D eigenvalue weighted by molar-refractivity contribution is -0.384. The first-order valence-corrected chi connectivity index (χ1v) is 7.24. The van der Waals surface area contributed by atoms with Gasteiger partial charge in [0.2, 0.25) is 0 Å². The zero-order valence-electron chi connectivity index (χ0n) is 12.4. The number of nitrogens with zero attached hydrogens (tertiary/aromatic N) is 1. The monoisotopic (exact) mass is 305 g/mol. The lowest BCUT2D eigenvalue weighted by Crippen LogP contribution is -1.97. The number of hydrogen-bond acceptors (Lipinski definition) is 3. The minimum Gasteiger partial charge on any atom is -0.489 e. The maximum atomic E-state index is 11.2. The smallest absolute Gasteiger partial charge is 0.273 e. The lowest BCUT2D eigenvalue weighted by Gasteiger charge is -2.09. The van der Waals surface area contributed by atoms with Gasteiger partial charge in [-0.25, -0.2) is 0 Å². The highest BCUT2D eigenvalue weighted by atomic mass is 16.6. The second-order valence-electron chi connectivity index (χ2n) is 5.11. The standard InChI is InChI=1S/C19H15NO3/c21-20(22)18-11-17(16-9-5-2-6-10-16)12-19(13-18)23-14-15-7-3-1-4-8-15/h1-13H,14H2. The van der Waals surface area contributed by atoms with Crippen LogP contribution in [0.5, 0.6) is 5.75 Å². The summed E-state index contributed by atoms with van der Waals surface area (Å²) in [4.78, 5) is 10.8. The molecule has 3 aromatic carbocycles. The Hall–Kier alpha value is -3.14. The minimum absolute atomic E-state index is 0.0226. The van der Waals surface area contributed by atoms with Crippen LogP contribution in [0, 0.1) is 10.1 Å². The van der Waals surface area contributed by atoms with Gasteiger partial charge >= 0.3 is 0 Å². The van der Waals surface area contributed by atoms with E-state index in [9.17, 15) is 10.1 Å². The van der Waals surface area contributed by atoms with Crippen molar-refractivity contribution in [3.05, 3.63) is 94.5 Å². The molecular weight excluding hydrogens is 290 g/mol. The lowest BCUT2D eigenvalue weighted by atomic mass is 10.0. The van der Waals surface area contributed by atoms with Crippen molar-refractivity contribution in [3.63, 3.8) is 0 Å². The quantitative estimate of drug-likeness (QED) is 0.500. The fraction of sp³-hybridized carbons (Fsp3) is 0.0526. The molecule has 0 fully saturated rings. The van der Waals surface area contributed by atoms with Crippen molar-refractivity contribution in [1.82, 2.24) is 0 Å². The third kappa shape index (κ3) is 3.74.